The number of anilines is 1. The van der Waals surface area contributed by atoms with Crippen LogP contribution < -0.4 is 10.1 Å². The lowest BCUT2D eigenvalue weighted by molar-refractivity contribution is -0.113. The van der Waals surface area contributed by atoms with Crippen LogP contribution in [0.4, 0.5) is 5.69 Å². The van der Waals surface area contributed by atoms with Gasteiger partial charge in [-0.3, -0.25) is 9.36 Å². The predicted octanol–water partition coefficient (Wildman–Crippen LogP) is 6.00. The molecule has 0 aliphatic carbocycles. The monoisotopic (exact) mass is 522 g/mol. The number of fused-ring (bicyclic) bond motifs is 1. The van der Waals surface area contributed by atoms with E-state index in [-0.39, 0.29) is 18.3 Å². The summed E-state index contributed by atoms with van der Waals surface area (Å²) in [6.07, 6.45) is 1.78. The quantitative estimate of drug-likeness (QED) is 0.215. The van der Waals surface area contributed by atoms with Gasteiger partial charge < -0.3 is 10.1 Å². The Hall–Kier alpha value is -3.10. The molecule has 6 nitrogen and oxygen atoms in total. The molecule has 0 saturated heterocycles. The Labute approximate surface area is 205 Å². The molecule has 0 fully saturated rings. The molecule has 1 heterocycles. The number of rotatable bonds is 9. The summed E-state index contributed by atoms with van der Waals surface area (Å²) in [7, 11) is 0. The van der Waals surface area contributed by atoms with Crippen molar-refractivity contribution in [2.45, 2.75) is 25.2 Å². The van der Waals surface area contributed by atoms with Crippen molar-refractivity contribution in [3.05, 3.63) is 89.2 Å². The third kappa shape index (κ3) is 5.64. The van der Waals surface area contributed by atoms with Crippen molar-refractivity contribution in [2.24, 2.45) is 0 Å². The van der Waals surface area contributed by atoms with Gasteiger partial charge in [0.05, 0.1) is 5.75 Å². The fraction of sp³-hybridized carbons (Fsp3) is 0.160. The molecule has 0 radical (unpaired) electrons. The van der Waals surface area contributed by atoms with Gasteiger partial charge in [-0.1, -0.05) is 70.2 Å². The van der Waals surface area contributed by atoms with Crippen LogP contribution in [0.2, 0.25) is 0 Å². The Morgan fingerprint density at radius 2 is 2.03 bits per heavy atom. The number of hydrogen-bond acceptors (Lipinski definition) is 5. The molecule has 1 aromatic heterocycles. The van der Waals surface area contributed by atoms with Crippen LogP contribution in [0.3, 0.4) is 0 Å². The highest BCUT2D eigenvalue weighted by atomic mass is 79.9. The topological polar surface area (TPSA) is 69.0 Å². The Kier molecular flexibility index (Phi) is 7.47. The molecule has 4 rings (SSSR count). The first-order valence-corrected chi connectivity index (χ1v) is 12.2. The number of hydrogen-bond donors (Lipinski definition) is 1. The van der Waals surface area contributed by atoms with E-state index in [0.29, 0.717) is 17.5 Å². The van der Waals surface area contributed by atoms with Crippen molar-refractivity contribution in [1.82, 2.24) is 14.8 Å². The molecular weight excluding hydrogens is 500 g/mol. The lowest BCUT2D eigenvalue weighted by Gasteiger charge is -2.12. The second kappa shape index (κ2) is 10.7. The van der Waals surface area contributed by atoms with Crippen LogP contribution in [-0.2, 0) is 17.9 Å². The molecule has 0 aliphatic heterocycles. The molecule has 168 valence electrons. The molecule has 33 heavy (non-hydrogen) atoms. The number of nitrogens with zero attached hydrogens (tertiary/aromatic N) is 3. The number of carbonyl (C=O) groups is 1. The second-order valence-corrected chi connectivity index (χ2v) is 9.20. The zero-order chi connectivity index (χ0) is 23.2. The molecule has 8 heteroatoms. The third-order valence-electron chi connectivity index (χ3n) is 5.05. The van der Waals surface area contributed by atoms with E-state index in [1.807, 2.05) is 47.0 Å². The van der Waals surface area contributed by atoms with Gasteiger partial charge in [-0.05, 0) is 47.5 Å². The number of amides is 1. The highest BCUT2D eigenvalue weighted by Gasteiger charge is 2.15. The maximum atomic E-state index is 12.4. The number of nitrogens with one attached hydrogen (secondary N) is 1. The van der Waals surface area contributed by atoms with Crippen LogP contribution >= 0.6 is 27.7 Å². The van der Waals surface area contributed by atoms with Gasteiger partial charge in [0.15, 0.2) is 11.0 Å². The summed E-state index contributed by atoms with van der Waals surface area (Å²) in [5.41, 5.74) is 1.82. The van der Waals surface area contributed by atoms with Gasteiger partial charge in [-0.2, -0.15) is 0 Å². The van der Waals surface area contributed by atoms with Gasteiger partial charge in [-0.15, -0.1) is 16.8 Å². The van der Waals surface area contributed by atoms with Gasteiger partial charge in [-0.25, -0.2) is 0 Å². The molecule has 0 saturated carbocycles. The summed E-state index contributed by atoms with van der Waals surface area (Å²) in [5.74, 6) is 1.59. The molecule has 0 unspecified atom stereocenters. The van der Waals surface area contributed by atoms with E-state index < -0.39 is 0 Å². The number of thioether (sulfide) groups is 1. The van der Waals surface area contributed by atoms with Crippen molar-refractivity contribution >= 4 is 50.1 Å². The van der Waals surface area contributed by atoms with E-state index in [2.05, 4.69) is 63.1 Å². The first-order valence-electron chi connectivity index (χ1n) is 10.4. The minimum atomic E-state index is -0.115. The smallest absolute Gasteiger partial charge is 0.234 e. The van der Waals surface area contributed by atoms with Gasteiger partial charge in [0, 0.05) is 16.7 Å². The van der Waals surface area contributed by atoms with Crippen LogP contribution in [0.1, 0.15) is 11.4 Å². The van der Waals surface area contributed by atoms with Crippen LogP contribution in [-0.4, -0.2) is 26.4 Å². The first kappa shape index (κ1) is 23.1. The van der Waals surface area contributed by atoms with Gasteiger partial charge in [0.2, 0.25) is 5.91 Å². The molecule has 0 aliphatic rings. The Bertz CT molecular complexity index is 1300. The molecule has 0 atom stereocenters. The maximum absolute atomic E-state index is 12.4. The maximum Gasteiger partial charge on any atom is 0.234 e. The van der Waals surface area contributed by atoms with E-state index in [9.17, 15) is 4.79 Å². The zero-order valence-corrected chi connectivity index (χ0v) is 20.5. The Balaban J connectivity index is 1.42. The fourth-order valence-electron chi connectivity index (χ4n) is 3.44. The molecule has 0 spiro atoms. The van der Waals surface area contributed by atoms with Crippen molar-refractivity contribution in [3.63, 3.8) is 0 Å². The van der Waals surface area contributed by atoms with Gasteiger partial charge >= 0.3 is 0 Å². The first-order chi connectivity index (χ1) is 16.0. The number of halogens is 1. The molecule has 4 aromatic rings. The minimum absolute atomic E-state index is 0.115. The average Bonchev–Trinajstić information content (AvgIpc) is 3.19. The highest BCUT2D eigenvalue weighted by Crippen LogP contribution is 2.28. The van der Waals surface area contributed by atoms with Gasteiger partial charge in [0.1, 0.15) is 12.4 Å². The Morgan fingerprint density at radius 1 is 1.18 bits per heavy atom. The summed E-state index contributed by atoms with van der Waals surface area (Å²) < 4.78 is 8.92. The zero-order valence-electron chi connectivity index (χ0n) is 18.1. The van der Waals surface area contributed by atoms with E-state index in [0.717, 1.165) is 26.9 Å². The summed E-state index contributed by atoms with van der Waals surface area (Å²) in [6, 6.07) is 19.7. The third-order valence-corrected chi connectivity index (χ3v) is 6.51. The fourth-order valence-corrected chi connectivity index (χ4v) is 4.61. The standard InChI is InChI=1S/C25H23BrN4O2S/c1-3-13-30-23(15-32-22-12-11-18-7-4-5-10-21(18)17(22)2)28-29-25(30)33-16-24(31)27-20-9-6-8-19(26)14-20/h3-12,14H,1,13,15-16H2,2H3,(H,27,31). The second-order valence-electron chi connectivity index (χ2n) is 7.34. The molecule has 1 amide bonds. The summed E-state index contributed by atoms with van der Waals surface area (Å²) in [5, 5.41) is 14.4. The van der Waals surface area contributed by atoms with E-state index in [4.69, 9.17) is 4.74 Å². The largest absolute Gasteiger partial charge is 0.485 e. The summed E-state index contributed by atoms with van der Waals surface area (Å²) >= 11 is 4.73. The van der Waals surface area contributed by atoms with E-state index in [1.54, 1.807) is 6.08 Å². The lowest BCUT2D eigenvalue weighted by Crippen LogP contribution is -2.15. The summed E-state index contributed by atoms with van der Waals surface area (Å²) in [6.45, 7) is 6.68. The number of benzene rings is 3. The predicted molar refractivity (Wildman–Crippen MR) is 137 cm³/mol. The van der Waals surface area contributed by atoms with Gasteiger partial charge in [0.25, 0.3) is 0 Å². The van der Waals surface area contributed by atoms with E-state index in [1.165, 1.54) is 17.1 Å². The van der Waals surface area contributed by atoms with Crippen LogP contribution in [0.25, 0.3) is 10.8 Å². The van der Waals surface area contributed by atoms with E-state index >= 15 is 0 Å². The number of ether oxygens (including phenoxy) is 1. The highest BCUT2D eigenvalue weighted by molar-refractivity contribution is 9.10. The Morgan fingerprint density at radius 3 is 2.85 bits per heavy atom. The lowest BCUT2D eigenvalue weighted by atomic mass is 10.0. The van der Waals surface area contributed by atoms with Crippen LogP contribution in [0, 0.1) is 6.92 Å². The van der Waals surface area contributed by atoms with Crippen LogP contribution in [0.5, 0.6) is 5.75 Å². The SMILES string of the molecule is C=CCn1c(COc2ccc3ccccc3c2C)nnc1SCC(=O)Nc1cccc(Br)c1. The number of carbonyl (C=O) groups excluding carboxylic acids is 1. The summed E-state index contributed by atoms with van der Waals surface area (Å²) in [4.78, 5) is 12.4. The average molecular weight is 523 g/mol. The molecule has 0 bridgehead atoms. The number of allylic oxidation sites excluding steroid dienone is 1. The molecule has 3 aromatic carbocycles. The minimum Gasteiger partial charge on any atom is -0.485 e. The van der Waals surface area contributed by atoms with Crippen molar-refractivity contribution in [1.29, 1.82) is 0 Å². The van der Waals surface area contributed by atoms with Crippen molar-refractivity contribution in [3.8, 4) is 5.75 Å². The number of aryl methyl sites for hydroxylation is 1. The molecular formula is C25H23BrN4O2S. The molecule has 1 N–H and O–H groups in total. The van der Waals surface area contributed by atoms with Crippen molar-refractivity contribution < 1.29 is 9.53 Å². The van der Waals surface area contributed by atoms with Crippen molar-refractivity contribution in [2.75, 3.05) is 11.1 Å². The number of aromatic nitrogens is 3. The normalized spacial score (nSPS) is 10.8. The van der Waals surface area contributed by atoms with Crippen LogP contribution in [0.15, 0.2) is 82.9 Å².